The predicted octanol–water partition coefficient (Wildman–Crippen LogP) is 3.14. The number of pyridine rings is 1. The minimum Gasteiger partial charge on any atom is -0.465 e. The molecule has 0 bridgehead atoms. The van der Waals surface area contributed by atoms with Crippen LogP contribution in [0.1, 0.15) is 16.1 Å². The fraction of sp³-hybridized carbons (Fsp3) is 0.182. The van der Waals surface area contributed by atoms with Crippen LogP contribution in [0.5, 0.6) is 0 Å². The molecule has 0 radical (unpaired) electrons. The number of aryl methyl sites for hydroxylation is 1. The number of ether oxygens (including phenoxy) is 1. The Morgan fingerprint density at radius 1 is 1.33 bits per heavy atom. The topological polar surface area (TPSA) is 65.2 Å². The normalized spacial score (nSPS) is 10.4. The molecular formula is C11H8Cl2N2O3. The zero-order valence-corrected chi connectivity index (χ0v) is 11.0. The van der Waals surface area contributed by atoms with E-state index in [0.717, 1.165) is 0 Å². The van der Waals surface area contributed by atoms with Crippen molar-refractivity contribution < 1.29 is 14.1 Å². The number of hydrogen-bond donors (Lipinski definition) is 0. The summed E-state index contributed by atoms with van der Waals surface area (Å²) < 4.78 is 9.67. The van der Waals surface area contributed by atoms with Gasteiger partial charge >= 0.3 is 5.97 Å². The van der Waals surface area contributed by atoms with E-state index in [2.05, 4.69) is 14.9 Å². The van der Waals surface area contributed by atoms with Gasteiger partial charge in [0.05, 0.1) is 17.2 Å². The van der Waals surface area contributed by atoms with Gasteiger partial charge in [-0.2, -0.15) is 0 Å². The van der Waals surface area contributed by atoms with Crippen LogP contribution in [0, 0.1) is 6.92 Å². The van der Waals surface area contributed by atoms with Crippen LogP contribution in [0.3, 0.4) is 0 Å². The maximum absolute atomic E-state index is 11.7. The minimum atomic E-state index is -0.562. The molecule has 2 aromatic heterocycles. The molecule has 0 unspecified atom stereocenters. The number of carbonyl (C=O) groups excluding carboxylic acids is 1. The number of nitrogens with zero attached hydrogens (tertiary/aromatic N) is 2. The molecular weight excluding hydrogens is 279 g/mol. The van der Waals surface area contributed by atoms with Crippen molar-refractivity contribution in [3.8, 4) is 11.3 Å². The van der Waals surface area contributed by atoms with Crippen molar-refractivity contribution in [2.24, 2.45) is 0 Å². The fourth-order valence-corrected chi connectivity index (χ4v) is 2.07. The van der Waals surface area contributed by atoms with Gasteiger partial charge in [-0.3, -0.25) is 4.98 Å². The average molecular weight is 287 g/mol. The lowest BCUT2D eigenvalue weighted by molar-refractivity contribution is 0.0599. The van der Waals surface area contributed by atoms with E-state index in [1.165, 1.54) is 19.5 Å². The first-order valence-electron chi connectivity index (χ1n) is 4.90. The summed E-state index contributed by atoms with van der Waals surface area (Å²) in [5, 5.41) is 4.36. The van der Waals surface area contributed by atoms with Crippen LogP contribution in [0.4, 0.5) is 0 Å². The molecule has 18 heavy (non-hydrogen) atoms. The highest BCUT2D eigenvalue weighted by Gasteiger charge is 2.25. The van der Waals surface area contributed by atoms with Crippen molar-refractivity contribution in [3.05, 3.63) is 33.8 Å². The second-order valence-corrected chi connectivity index (χ2v) is 4.25. The van der Waals surface area contributed by atoms with Crippen molar-refractivity contribution in [1.29, 1.82) is 0 Å². The summed E-state index contributed by atoms with van der Waals surface area (Å²) >= 11 is 12.0. The molecule has 0 saturated heterocycles. The van der Waals surface area contributed by atoms with Gasteiger partial charge in [0.1, 0.15) is 17.0 Å². The van der Waals surface area contributed by atoms with Gasteiger partial charge in [-0.15, -0.1) is 0 Å². The van der Waals surface area contributed by atoms with Gasteiger partial charge in [0.25, 0.3) is 0 Å². The van der Waals surface area contributed by atoms with Gasteiger partial charge in [-0.05, 0) is 6.92 Å². The average Bonchev–Trinajstić information content (AvgIpc) is 2.70. The Morgan fingerprint density at radius 3 is 2.50 bits per heavy atom. The van der Waals surface area contributed by atoms with E-state index in [9.17, 15) is 4.79 Å². The smallest absolute Gasteiger partial charge is 0.343 e. The quantitative estimate of drug-likeness (QED) is 0.794. The Morgan fingerprint density at radius 2 is 1.94 bits per heavy atom. The summed E-state index contributed by atoms with van der Waals surface area (Å²) in [5.74, 6) is -0.228. The highest BCUT2D eigenvalue weighted by molar-refractivity contribution is 6.39. The molecule has 0 aliphatic heterocycles. The third kappa shape index (κ3) is 2.07. The zero-order chi connectivity index (χ0) is 13.3. The molecule has 0 saturated carbocycles. The second kappa shape index (κ2) is 4.96. The Labute approximate surface area is 113 Å². The monoisotopic (exact) mass is 286 g/mol. The minimum absolute atomic E-state index is 0.201. The molecule has 0 fully saturated rings. The first kappa shape index (κ1) is 12.9. The van der Waals surface area contributed by atoms with Crippen molar-refractivity contribution in [2.75, 3.05) is 7.11 Å². The third-order valence-corrected chi connectivity index (χ3v) is 2.92. The highest BCUT2D eigenvalue weighted by Crippen LogP contribution is 2.36. The number of esters is 1. The van der Waals surface area contributed by atoms with E-state index in [1.807, 2.05) is 0 Å². The summed E-state index contributed by atoms with van der Waals surface area (Å²) in [7, 11) is 1.27. The fourth-order valence-electron chi connectivity index (χ4n) is 1.52. The standard InChI is InChI=1S/C11H8Cl2N2O3/c1-5-8(11(16)17-2)10(15-18-5)9-6(12)3-14-4-7(9)13/h3-4H,1-2H3. The Kier molecular flexibility index (Phi) is 3.54. The summed E-state index contributed by atoms with van der Waals surface area (Å²) in [4.78, 5) is 15.5. The van der Waals surface area contributed by atoms with E-state index in [4.69, 9.17) is 27.7 Å². The summed E-state index contributed by atoms with van der Waals surface area (Å²) in [6, 6.07) is 0. The second-order valence-electron chi connectivity index (χ2n) is 3.43. The largest absolute Gasteiger partial charge is 0.465 e. The Balaban J connectivity index is 2.69. The first-order chi connectivity index (χ1) is 8.56. The molecule has 0 aliphatic carbocycles. The van der Waals surface area contributed by atoms with E-state index in [0.29, 0.717) is 11.3 Å². The number of halogens is 2. The van der Waals surface area contributed by atoms with Gasteiger partial charge < -0.3 is 9.26 Å². The number of rotatable bonds is 2. The molecule has 5 nitrogen and oxygen atoms in total. The molecule has 2 aromatic rings. The molecule has 0 spiro atoms. The molecule has 0 N–H and O–H groups in total. The van der Waals surface area contributed by atoms with Gasteiger partial charge in [0, 0.05) is 18.0 Å². The van der Waals surface area contributed by atoms with Crippen molar-refractivity contribution >= 4 is 29.2 Å². The van der Waals surface area contributed by atoms with Crippen LogP contribution in [0.2, 0.25) is 10.0 Å². The maximum Gasteiger partial charge on any atom is 0.343 e. The van der Waals surface area contributed by atoms with Crippen molar-refractivity contribution in [2.45, 2.75) is 6.92 Å². The van der Waals surface area contributed by atoms with E-state index in [1.54, 1.807) is 6.92 Å². The summed E-state index contributed by atoms with van der Waals surface area (Å²) in [5.41, 5.74) is 0.842. The summed E-state index contributed by atoms with van der Waals surface area (Å²) in [6.45, 7) is 1.60. The molecule has 2 heterocycles. The van der Waals surface area contributed by atoms with Gasteiger partial charge in [0.15, 0.2) is 0 Å². The lowest BCUT2D eigenvalue weighted by Gasteiger charge is -2.04. The van der Waals surface area contributed by atoms with Crippen LogP contribution in [0.15, 0.2) is 16.9 Å². The Bertz CT molecular complexity index is 590. The van der Waals surface area contributed by atoms with E-state index >= 15 is 0 Å². The van der Waals surface area contributed by atoms with Crippen LogP contribution in [0.25, 0.3) is 11.3 Å². The van der Waals surface area contributed by atoms with Crippen LogP contribution >= 0.6 is 23.2 Å². The first-order valence-corrected chi connectivity index (χ1v) is 5.65. The Hall–Kier alpha value is -1.59. The highest BCUT2D eigenvalue weighted by atomic mass is 35.5. The maximum atomic E-state index is 11.7. The number of hydrogen-bond acceptors (Lipinski definition) is 5. The molecule has 7 heteroatoms. The van der Waals surface area contributed by atoms with E-state index < -0.39 is 5.97 Å². The SMILES string of the molecule is COC(=O)c1c(-c2c(Cl)cncc2Cl)noc1C. The number of carbonyl (C=O) groups is 1. The molecule has 2 rings (SSSR count). The number of methoxy groups -OCH3 is 1. The lowest BCUT2D eigenvalue weighted by atomic mass is 10.1. The summed E-state index contributed by atoms with van der Waals surface area (Å²) in [6.07, 6.45) is 2.82. The van der Waals surface area contributed by atoms with Gasteiger partial charge in [0.2, 0.25) is 0 Å². The van der Waals surface area contributed by atoms with Crippen molar-refractivity contribution in [1.82, 2.24) is 10.1 Å². The van der Waals surface area contributed by atoms with Crippen molar-refractivity contribution in [3.63, 3.8) is 0 Å². The molecule has 0 atom stereocenters. The van der Waals surface area contributed by atoms with Crippen LogP contribution < -0.4 is 0 Å². The molecule has 0 amide bonds. The molecule has 94 valence electrons. The van der Waals surface area contributed by atoms with Crippen LogP contribution in [-0.2, 0) is 4.74 Å². The zero-order valence-electron chi connectivity index (χ0n) is 9.53. The predicted molar refractivity (Wildman–Crippen MR) is 65.8 cm³/mol. The van der Waals surface area contributed by atoms with Crippen LogP contribution in [-0.4, -0.2) is 23.2 Å². The molecule has 0 aromatic carbocycles. The molecule has 0 aliphatic rings. The van der Waals surface area contributed by atoms with Gasteiger partial charge in [-0.1, -0.05) is 28.4 Å². The lowest BCUT2D eigenvalue weighted by Crippen LogP contribution is -2.04. The third-order valence-electron chi connectivity index (χ3n) is 2.34. The van der Waals surface area contributed by atoms with Gasteiger partial charge in [-0.25, -0.2) is 4.79 Å². The number of aromatic nitrogens is 2. The van der Waals surface area contributed by atoms with E-state index in [-0.39, 0.29) is 21.3 Å².